The lowest BCUT2D eigenvalue weighted by Gasteiger charge is -2.16. The molecular weight excluding hydrogens is 138 g/mol. The Labute approximate surface area is 68.0 Å². The van der Waals surface area contributed by atoms with Gasteiger partial charge in [-0.15, -0.1) is 6.42 Å². The zero-order chi connectivity index (χ0) is 8.10. The van der Waals surface area contributed by atoms with Crippen molar-refractivity contribution in [2.24, 2.45) is 5.92 Å². The Bertz CT molecular complexity index is 150. The second kappa shape index (κ2) is 4.38. The normalized spacial score (nSPS) is 30.2. The highest BCUT2D eigenvalue weighted by molar-refractivity contribution is 4.91. The number of aliphatic hydroxyl groups excluding tert-OH is 1. The summed E-state index contributed by atoms with van der Waals surface area (Å²) in [6.45, 7) is 0.920. The highest BCUT2D eigenvalue weighted by Gasteiger charge is 2.25. The maximum atomic E-state index is 8.94. The molecule has 11 heavy (non-hydrogen) atoms. The van der Waals surface area contributed by atoms with E-state index in [1.165, 1.54) is 6.42 Å². The highest BCUT2D eigenvalue weighted by Crippen LogP contribution is 2.24. The molecule has 2 nitrogen and oxygen atoms in total. The Morgan fingerprint density at radius 1 is 1.55 bits per heavy atom. The Kier molecular flexibility index (Phi) is 3.41. The molecule has 1 aliphatic rings. The molecule has 0 radical (unpaired) electrons. The number of hydrogen-bond acceptors (Lipinski definition) is 2. The maximum Gasteiger partial charge on any atom is 0.0576 e. The minimum absolute atomic E-state index is 0.294. The van der Waals surface area contributed by atoms with Gasteiger partial charge in [0.05, 0.1) is 6.54 Å². The first-order valence-corrected chi connectivity index (χ1v) is 4.16. The van der Waals surface area contributed by atoms with Gasteiger partial charge in [-0.2, -0.15) is 0 Å². The van der Waals surface area contributed by atoms with Crippen molar-refractivity contribution in [1.82, 2.24) is 5.32 Å². The van der Waals surface area contributed by atoms with Crippen molar-refractivity contribution in [3.8, 4) is 12.3 Å². The summed E-state index contributed by atoms with van der Waals surface area (Å²) in [5.74, 6) is 2.98. The van der Waals surface area contributed by atoms with E-state index < -0.39 is 0 Å². The number of aliphatic hydroxyl groups is 1. The van der Waals surface area contributed by atoms with Crippen molar-refractivity contribution in [2.45, 2.75) is 25.3 Å². The Morgan fingerprint density at radius 2 is 2.36 bits per heavy atom. The molecule has 0 bridgehead atoms. The van der Waals surface area contributed by atoms with Crippen LogP contribution in [0.25, 0.3) is 0 Å². The van der Waals surface area contributed by atoms with E-state index in [-0.39, 0.29) is 0 Å². The molecular formula is C9H15NO. The third kappa shape index (κ3) is 2.21. The second-order valence-electron chi connectivity index (χ2n) is 3.07. The summed E-state index contributed by atoms with van der Waals surface area (Å²) in [5, 5.41) is 12.2. The fourth-order valence-electron chi connectivity index (χ4n) is 1.71. The number of hydrogen-bond donors (Lipinski definition) is 2. The van der Waals surface area contributed by atoms with Gasteiger partial charge in [0.15, 0.2) is 0 Å². The molecule has 0 spiro atoms. The van der Waals surface area contributed by atoms with Crippen molar-refractivity contribution in [3.63, 3.8) is 0 Å². The van der Waals surface area contributed by atoms with Crippen molar-refractivity contribution in [1.29, 1.82) is 0 Å². The van der Waals surface area contributed by atoms with E-state index in [0.717, 1.165) is 12.8 Å². The largest absolute Gasteiger partial charge is 0.396 e. The van der Waals surface area contributed by atoms with Crippen LogP contribution in [0.5, 0.6) is 0 Å². The van der Waals surface area contributed by atoms with Gasteiger partial charge < -0.3 is 10.4 Å². The quantitative estimate of drug-likeness (QED) is 0.574. The van der Waals surface area contributed by atoms with E-state index in [1.807, 2.05) is 0 Å². The zero-order valence-electron chi connectivity index (χ0n) is 6.71. The predicted molar refractivity (Wildman–Crippen MR) is 45.1 cm³/mol. The smallest absolute Gasteiger partial charge is 0.0576 e. The fourth-order valence-corrected chi connectivity index (χ4v) is 1.71. The maximum absolute atomic E-state index is 8.94. The first-order chi connectivity index (χ1) is 5.38. The summed E-state index contributed by atoms with van der Waals surface area (Å²) < 4.78 is 0. The molecule has 0 saturated heterocycles. The van der Waals surface area contributed by atoms with Crippen LogP contribution < -0.4 is 5.32 Å². The van der Waals surface area contributed by atoms with Gasteiger partial charge >= 0.3 is 0 Å². The Hall–Kier alpha value is -0.520. The summed E-state index contributed by atoms with van der Waals surface area (Å²) in [6, 6.07) is 0.455. The molecule has 0 heterocycles. The lowest BCUT2D eigenvalue weighted by Crippen LogP contribution is -2.34. The summed E-state index contributed by atoms with van der Waals surface area (Å²) in [6.07, 6.45) is 8.63. The molecule has 0 amide bonds. The molecule has 2 atom stereocenters. The number of nitrogens with one attached hydrogen (secondary N) is 1. The third-order valence-electron chi connectivity index (χ3n) is 2.36. The van der Waals surface area contributed by atoms with Gasteiger partial charge in [-0.3, -0.25) is 0 Å². The van der Waals surface area contributed by atoms with Gasteiger partial charge in [-0.05, 0) is 18.8 Å². The van der Waals surface area contributed by atoms with Gasteiger partial charge in [0, 0.05) is 12.6 Å². The van der Waals surface area contributed by atoms with Crippen LogP contribution in [0.15, 0.2) is 0 Å². The molecule has 2 N–H and O–H groups in total. The Balaban J connectivity index is 2.27. The third-order valence-corrected chi connectivity index (χ3v) is 2.36. The molecule has 1 saturated carbocycles. The Morgan fingerprint density at radius 3 is 3.00 bits per heavy atom. The van der Waals surface area contributed by atoms with Crippen LogP contribution in [0.4, 0.5) is 0 Å². The van der Waals surface area contributed by atoms with Crippen molar-refractivity contribution in [3.05, 3.63) is 0 Å². The lowest BCUT2D eigenvalue weighted by atomic mass is 10.1. The van der Waals surface area contributed by atoms with Crippen molar-refractivity contribution >= 4 is 0 Å². The minimum atomic E-state index is 0.294. The minimum Gasteiger partial charge on any atom is -0.396 e. The second-order valence-corrected chi connectivity index (χ2v) is 3.07. The molecule has 2 heteroatoms. The summed E-state index contributed by atoms with van der Waals surface area (Å²) >= 11 is 0. The molecule has 1 rings (SSSR count). The monoisotopic (exact) mass is 153 g/mol. The van der Waals surface area contributed by atoms with E-state index in [0.29, 0.717) is 25.1 Å². The molecule has 1 fully saturated rings. The first kappa shape index (κ1) is 8.58. The molecule has 62 valence electrons. The molecule has 0 aromatic heterocycles. The van der Waals surface area contributed by atoms with Crippen LogP contribution in [-0.4, -0.2) is 24.3 Å². The van der Waals surface area contributed by atoms with Gasteiger partial charge in [-0.25, -0.2) is 0 Å². The summed E-state index contributed by atoms with van der Waals surface area (Å²) in [4.78, 5) is 0. The van der Waals surface area contributed by atoms with E-state index in [4.69, 9.17) is 11.5 Å². The van der Waals surface area contributed by atoms with Crippen molar-refractivity contribution < 1.29 is 5.11 Å². The van der Waals surface area contributed by atoms with Crippen LogP contribution in [0, 0.1) is 18.3 Å². The average Bonchev–Trinajstić information content (AvgIpc) is 2.47. The zero-order valence-corrected chi connectivity index (χ0v) is 6.71. The summed E-state index contributed by atoms with van der Waals surface area (Å²) in [7, 11) is 0. The highest BCUT2D eigenvalue weighted by atomic mass is 16.3. The van der Waals surface area contributed by atoms with Crippen LogP contribution in [0.3, 0.4) is 0 Å². The fraction of sp³-hybridized carbons (Fsp3) is 0.778. The van der Waals surface area contributed by atoms with Crippen LogP contribution in [0.1, 0.15) is 19.3 Å². The van der Waals surface area contributed by atoms with E-state index in [9.17, 15) is 0 Å². The number of rotatable bonds is 3. The van der Waals surface area contributed by atoms with Gasteiger partial charge in [0.25, 0.3) is 0 Å². The van der Waals surface area contributed by atoms with E-state index in [1.54, 1.807) is 0 Å². The van der Waals surface area contributed by atoms with E-state index in [2.05, 4.69) is 11.2 Å². The number of terminal acetylenes is 1. The molecule has 0 aliphatic heterocycles. The summed E-state index contributed by atoms with van der Waals surface area (Å²) in [5.41, 5.74) is 0. The molecule has 1 aliphatic carbocycles. The first-order valence-electron chi connectivity index (χ1n) is 4.16. The van der Waals surface area contributed by atoms with Gasteiger partial charge in [-0.1, -0.05) is 12.3 Å². The lowest BCUT2D eigenvalue weighted by molar-refractivity contribution is 0.207. The standard InChI is InChI=1S/C9H15NO/c1-2-6-10-9-5-3-4-8(9)7-11/h1,8-11H,3-7H2. The predicted octanol–water partition coefficient (Wildman–Crippen LogP) is 0.370. The van der Waals surface area contributed by atoms with Crippen molar-refractivity contribution in [2.75, 3.05) is 13.2 Å². The molecule has 0 aromatic rings. The molecule has 2 unspecified atom stereocenters. The topological polar surface area (TPSA) is 32.3 Å². The van der Waals surface area contributed by atoms with Gasteiger partial charge in [0.1, 0.15) is 0 Å². The SMILES string of the molecule is C#CCNC1CCCC1CO. The average molecular weight is 153 g/mol. The molecule has 0 aromatic carbocycles. The van der Waals surface area contributed by atoms with E-state index >= 15 is 0 Å². The van der Waals surface area contributed by atoms with Crippen LogP contribution in [0.2, 0.25) is 0 Å². The van der Waals surface area contributed by atoms with Gasteiger partial charge in [0.2, 0.25) is 0 Å². The van der Waals surface area contributed by atoms with Crippen LogP contribution >= 0.6 is 0 Å². The van der Waals surface area contributed by atoms with Crippen LogP contribution in [-0.2, 0) is 0 Å².